The molecule has 4 heteroatoms. The maximum atomic E-state index is 9.78. The number of rotatable bonds is 7. The molecule has 2 rings (SSSR count). The molecule has 0 saturated carbocycles. The maximum absolute atomic E-state index is 9.78. The maximum Gasteiger partial charge on any atom is 0.127 e. The van der Waals surface area contributed by atoms with Crippen LogP contribution in [0.2, 0.25) is 0 Å². The van der Waals surface area contributed by atoms with Gasteiger partial charge in [-0.05, 0) is 43.3 Å². The molecule has 0 aromatic heterocycles. The molecule has 1 unspecified atom stereocenters. The average Bonchev–Trinajstić information content (AvgIpc) is 2.50. The van der Waals surface area contributed by atoms with Crippen molar-refractivity contribution in [3.8, 4) is 17.2 Å². The average molecular weight is 287 g/mol. The van der Waals surface area contributed by atoms with Gasteiger partial charge in [-0.2, -0.15) is 0 Å². The molecule has 0 fully saturated rings. The summed E-state index contributed by atoms with van der Waals surface area (Å²) in [5.74, 6) is 2.29. The van der Waals surface area contributed by atoms with Gasteiger partial charge in [0, 0.05) is 13.0 Å². The van der Waals surface area contributed by atoms with E-state index in [2.05, 4.69) is 0 Å². The predicted molar refractivity (Wildman–Crippen MR) is 82.7 cm³/mol. The molecule has 4 nitrogen and oxygen atoms in total. The van der Waals surface area contributed by atoms with Crippen LogP contribution in [0.5, 0.6) is 17.2 Å². The van der Waals surface area contributed by atoms with Crippen LogP contribution in [0, 0.1) is 0 Å². The van der Waals surface area contributed by atoms with Gasteiger partial charge in [0.05, 0.1) is 12.2 Å². The van der Waals surface area contributed by atoms with Crippen molar-refractivity contribution >= 4 is 0 Å². The van der Waals surface area contributed by atoms with Gasteiger partial charge in [-0.1, -0.05) is 18.2 Å². The first-order chi connectivity index (χ1) is 10.1. The molecule has 0 heterocycles. The lowest BCUT2D eigenvalue weighted by Gasteiger charge is -2.20. The Kier molecular flexibility index (Phi) is 5.20. The largest absolute Gasteiger partial charge is 0.493 e. The summed E-state index contributed by atoms with van der Waals surface area (Å²) in [6.07, 6.45) is 0.492. The second-order valence-electron chi connectivity index (χ2n) is 5.19. The SMILES string of the molecule is CC(O)(CN)CCOc1ccc(Oc2ccccc2)cc1. The van der Waals surface area contributed by atoms with E-state index in [4.69, 9.17) is 15.2 Å². The van der Waals surface area contributed by atoms with Gasteiger partial charge in [0.1, 0.15) is 17.2 Å². The van der Waals surface area contributed by atoms with Gasteiger partial charge in [0.25, 0.3) is 0 Å². The Morgan fingerprint density at radius 3 is 2.14 bits per heavy atom. The summed E-state index contributed by atoms with van der Waals surface area (Å²) < 4.78 is 11.3. The van der Waals surface area contributed by atoms with Crippen LogP contribution in [0.4, 0.5) is 0 Å². The number of ether oxygens (including phenoxy) is 2. The van der Waals surface area contributed by atoms with E-state index in [9.17, 15) is 5.11 Å². The Labute approximate surface area is 125 Å². The molecular weight excluding hydrogens is 266 g/mol. The molecule has 0 aliphatic carbocycles. The highest BCUT2D eigenvalue weighted by molar-refractivity contribution is 5.35. The minimum atomic E-state index is -0.879. The predicted octanol–water partition coefficient (Wildman–Crippen LogP) is 2.96. The van der Waals surface area contributed by atoms with E-state index in [1.165, 1.54) is 0 Å². The minimum Gasteiger partial charge on any atom is -0.493 e. The zero-order valence-corrected chi connectivity index (χ0v) is 12.2. The third kappa shape index (κ3) is 5.10. The summed E-state index contributed by atoms with van der Waals surface area (Å²) in [5, 5.41) is 9.78. The molecule has 0 radical (unpaired) electrons. The quantitative estimate of drug-likeness (QED) is 0.821. The van der Waals surface area contributed by atoms with Crippen molar-refractivity contribution in [3.63, 3.8) is 0 Å². The van der Waals surface area contributed by atoms with Crippen molar-refractivity contribution in [1.29, 1.82) is 0 Å². The van der Waals surface area contributed by atoms with Gasteiger partial charge < -0.3 is 20.3 Å². The van der Waals surface area contributed by atoms with E-state index in [1.807, 2.05) is 54.6 Å². The van der Waals surface area contributed by atoms with Crippen LogP contribution in [0.15, 0.2) is 54.6 Å². The zero-order valence-electron chi connectivity index (χ0n) is 12.2. The van der Waals surface area contributed by atoms with Gasteiger partial charge in [0.2, 0.25) is 0 Å². The highest BCUT2D eigenvalue weighted by Crippen LogP contribution is 2.23. The molecule has 0 aliphatic rings. The number of aliphatic hydroxyl groups is 1. The summed E-state index contributed by atoms with van der Waals surface area (Å²) in [4.78, 5) is 0. The molecule has 21 heavy (non-hydrogen) atoms. The van der Waals surface area contributed by atoms with Gasteiger partial charge in [-0.15, -0.1) is 0 Å². The van der Waals surface area contributed by atoms with E-state index in [0.29, 0.717) is 13.0 Å². The number of hydrogen-bond acceptors (Lipinski definition) is 4. The summed E-state index contributed by atoms with van der Waals surface area (Å²) >= 11 is 0. The number of nitrogens with two attached hydrogens (primary N) is 1. The first kappa shape index (κ1) is 15.4. The van der Waals surface area contributed by atoms with Crippen molar-refractivity contribution in [2.75, 3.05) is 13.2 Å². The molecule has 112 valence electrons. The number of benzene rings is 2. The smallest absolute Gasteiger partial charge is 0.127 e. The molecular formula is C17H21NO3. The van der Waals surface area contributed by atoms with Gasteiger partial charge in [0.15, 0.2) is 0 Å². The molecule has 0 aliphatic heterocycles. The molecule has 0 amide bonds. The third-order valence-corrected chi connectivity index (χ3v) is 3.15. The lowest BCUT2D eigenvalue weighted by molar-refractivity contribution is 0.0453. The summed E-state index contributed by atoms with van der Waals surface area (Å²) in [5.41, 5.74) is 4.58. The second kappa shape index (κ2) is 7.11. The van der Waals surface area contributed by atoms with Crippen LogP contribution in [-0.4, -0.2) is 23.9 Å². The van der Waals surface area contributed by atoms with Crippen molar-refractivity contribution < 1.29 is 14.6 Å². The molecule has 0 spiro atoms. The first-order valence-corrected chi connectivity index (χ1v) is 6.97. The Balaban J connectivity index is 1.85. The first-order valence-electron chi connectivity index (χ1n) is 6.97. The van der Waals surface area contributed by atoms with Crippen LogP contribution < -0.4 is 15.2 Å². The molecule has 1 atom stereocenters. The highest BCUT2D eigenvalue weighted by atomic mass is 16.5. The van der Waals surface area contributed by atoms with Crippen LogP contribution in [0.3, 0.4) is 0 Å². The fourth-order valence-corrected chi connectivity index (χ4v) is 1.72. The van der Waals surface area contributed by atoms with Crippen LogP contribution in [0.25, 0.3) is 0 Å². The Morgan fingerprint density at radius 2 is 1.52 bits per heavy atom. The van der Waals surface area contributed by atoms with Crippen molar-refractivity contribution in [3.05, 3.63) is 54.6 Å². The van der Waals surface area contributed by atoms with Crippen LogP contribution >= 0.6 is 0 Å². The number of para-hydroxylation sites is 1. The van der Waals surface area contributed by atoms with E-state index in [-0.39, 0.29) is 6.54 Å². The highest BCUT2D eigenvalue weighted by Gasteiger charge is 2.17. The fraction of sp³-hybridized carbons (Fsp3) is 0.294. The fourth-order valence-electron chi connectivity index (χ4n) is 1.72. The molecule has 0 saturated heterocycles. The normalized spacial score (nSPS) is 13.5. The Hall–Kier alpha value is -2.04. The Bertz CT molecular complexity index is 538. The Morgan fingerprint density at radius 1 is 0.952 bits per heavy atom. The third-order valence-electron chi connectivity index (χ3n) is 3.15. The molecule has 3 N–H and O–H groups in total. The molecule has 2 aromatic rings. The van der Waals surface area contributed by atoms with E-state index in [0.717, 1.165) is 17.2 Å². The second-order valence-corrected chi connectivity index (χ2v) is 5.19. The van der Waals surface area contributed by atoms with E-state index >= 15 is 0 Å². The molecule has 0 bridgehead atoms. The lowest BCUT2D eigenvalue weighted by atomic mass is 10.0. The zero-order chi connectivity index (χ0) is 15.1. The van der Waals surface area contributed by atoms with E-state index < -0.39 is 5.60 Å². The summed E-state index contributed by atoms with van der Waals surface area (Å²) in [6, 6.07) is 17.0. The standard InChI is InChI=1S/C17H21NO3/c1-17(19,13-18)11-12-20-14-7-9-16(10-8-14)21-15-5-3-2-4-6-15/h2-10,19H,11-13,18H2,1H3. The van der Waals surface area contributed by atoms with Crippen molar-refractivity contribution in [1.82, 2.24) is 0 Å². The van der Waals surface area contributed by atoms with Gasteiger partial charge >= 0.3 is 0 Å². The minimum absolute atomic E-state index is 0.222. The monoisotopic (exact) mass is 287 g/mol. The molecule has 2 aromatic carbocycles. The van der Waals surface area contributed by atoms with Crippen LogP contribution in [0.1, 0.15) is 13.3 Å². The van der Waals surface area contributed by atoms with Crippen LogP contribution in [-0.2, 0) is 0 Å². The van der Waals surface area contributed by atoms with Crippen molar-refractivity contribution in [2.45, 2.75) is 18.9 Å². The van der Waals surface area contributed by atoms with Gasteiger partial charge in [-0.3, -0.25) is 0 Å². The lowest BCUT2D eigenvalue weighted by Crippen LogP contribution is -2.35. The topological polar surface area (TPSA) is 64.7 Å². The van der Waals surface area contributed by atoms with Gasteiger partial charge in [-0.25, -0.2) is 0 Å². The van der Waals surface area contributed by atoms with E-state index in [1.54, 1.807) is 6.92 Å². The van der Waals surface area contributed by atoms with Crippen molar-refractivity contribution in [2.24, 2.45) is 5.73 Å². The summed E-state index contributed by atoms with van der Waals surface area (Å²) in [6.45, 7) is 2.34. The summed E-state index contributed by atoms with van der Waals surface area (Å²) in [7, 11) is 0. The number of hydrogen-bond donors (Lipinski definition) is 2.